The van der Waals surface area contributed by atoms with Gasteiger partial charge in [0.15, 0.2) is 0 Å². The monoisotopic (exact) mass is 408 g/mol. The number of aliphatic hydroxyl groups excluding tert-OH is 3. The molecule has 2 atom stereocenters. The number of para-hydroxylation sites is 2. The van der Waals surface area contributed by atoms with E-state index in [9.17, 15) is 15.3 Å². The van der Waals surface area contributed by atoms with Gasteiger partial charge in [0.1, 0.15) is 31.8 Å². The van der Waals surface area contributed by atoms with Crippen LogP contribution in [0.2, 0.25) is 0 Å². The molecular weight excluding hydrogens is 378 g/mol. The molecule has 4 aromatic rings. The zero-order valence-corrected chi connectivity index (χ0v) is 17.1. The Kier molecular flexibility index (Phi) is 6.50. The Morgan fingerprint density at radius 3 is 1.63 bits per heavy atom. The van der Waals surface area contributed by atoms with Gasteiger partial charge in [-0.3, -0.25) is 0 Å². The molecule has 158 valence electrons. The molecule has 0 aliphatic rings. The highest BCUT2D eigenvalue weighted by Gasteiger charge is 2.20. The minimum atomic E-state index is -0.568. The van der Waals surface area contributed by atoms with Crippen LogP contribution in [0.3, 0.4) is 0 Å². The van der Waals surface area contributed by atoms with Crippen molar-refractivity contribution in [1.29, 1.82) is 0 Å². The molecule has 0 amide bonds. The van der Waals surface area contributed by atoms with E-state index in [1.165, 1.54) is 0 Å². The molecule has 0 bridgehead atoms. The Morgan fingerprint density at radius 1 is 0.700 bits per heavy atom. The van der Waals surface area contributed by atoms with Crippen LogP contribution < -0.4 is 4.90 Å². The van der Waals surface area contributed by atoms with Gasteiger partial charge >= 0.3 is 0 Å². The summed E-state index contributed by atoms with van der Waals surface area (Å²) in [4.78, 5) is 0.991. The van der Waals surface area contributed by atoms with Crippen molar-refractivity contribution >= 4 is 21.8 Å². The van der Waals surface area contributed by atoms with Crippen LogP contribution in [-0.2, 0) is 13.1 Å². The van der Waals surface area contributed by atoms with Crippen molar-refractivity contribution in [3.8, 4) is 0 Å². The number of rotatable bonds is 10. The molecule has 0 aliphatic carbocycles. The minimum Gasteiger partial charge on any atom is -0.391 e. The molecule has 0 aliphatic heterocycles. The normalized spacial score (nSPS) is 14.0. The van der Waals surface area contributed by atoms with Gasteiger partial charge in [-0.1, -0.05) is 36.4 Å². The largest absolute Gasteiger partial charge is 0.391 e. The summed E-state index contributed by atoms with van der Waals surface area (Å²) < 4.78 is 4.11. The molecule has 0 saturated carbocycles. The highest BCUT2D eigenvalue weighted by molar-refractivity contribution is 5.80. The van der Waals surface area contributed by atoms with Crippen molar-refractivity contribution in [2.75, 3.05) is 26.2 Å². The second-order valence-corrected chi connectivity index (χ2v) is 7.99. The molecule has 30 heavy (non-hydrogen) atoms. The molecule has 0 radical (unpaired) electrons. The lowest BCUT2D eigenvalue weighted by atomic mass is 10.2. The van der Waals surface area contributed by atoms with Crippen LogP contribution in [-0.4, -0.2) is 62.9 Å². The lowest BCUT2D eigenvalue weighted by Crippen LogP contribution is -3.14. The molecule has 0 spiro atoms. The summed E-state index contributed by atoms with van der Waals surface area (Å²) in [5.41, 5.74) is 2.19. The average molecular weight is 409 g/mol. The molecule has 0 unspecified atom stereocenters. The van der Waals surface area contributed by atoms with Crippen LogP contribution >= 0.6 is 0 Å². The van der Waals surface area contributed by atoms with Gasteiger partial charge in [0.05, 0.1) is 19.7 Å². The van der Waals surface area contributed by atoms with E-state index in [1.54, 1.807) is 0 Å². The van der Waals surface area contributed by atoms with Crippen molar-refractivity contribution in [3.63, 3.8) is 0 Å². The Bertz CT molecular complexity index is 1000. The topological polar surface area (TPSA) is 75.0 Å². The number of nitrogens with zero attached hydrogens (tertiary/aromatic N) is 2. The third-order valence-electron chi connectivity index (χ3n) is 5.69. The maximum absolute atomic E-state index is 10.7. The summed E-state index contributed by atoms with van der Waals surface area (Å²) in [5, 5.41) is 33.1. The van der Waals surface area contributed by atoms with Gasteiger partial charge in [-0.2, -0.15) is 0 Å². The van der Waals surface area contributed by atoms with Crippen molar-refractivity contribution in [1.82, 2.24) is 9.13 Å². The number of hydrogen-bond acceptors (Lipinski definition) is 3. The van der Waals surface area contributed by atoms with Crippen LogP contribution in [0.5, 0.6) is 0 Å². The molecule has 2 aromatic heterocycles. The van der Waals surface area contributed by atoms with E-state index >= 15 is 0 Å². The summed E-state index contributed by atoms with van der Waals surface area (Å²) in [6, 6.07) is 20.3. The Hall–Kier alpha value is -2.64. The first-order chi connectivity index (χ1) is 14.6. The van der Waals surface area contributed by atoms with Crippen LogP contribution in [0.25, 0.3) is 21.8 Å². The minimum absolute atomic E-state index is 0.0215. The number of nitrogens with one attached hydrogen (secondary N) is 1. The number of benzene rings is 2. The molecule has 2 aromatic carbocycles. The summed E-state index contributed by atoms with van der Waals surface area (Å²) in [6.07, 6.45) is 2.85. The summed E-state index contributed by atoms with van der Waals surface area (Å²) in [5.74, 6) is 0. The molecule has 6 nitrogen and oxygen atoms in total. The van der Waals surface area contributed by atoms with E-state index in [4.69, 9.17) is 0 Å². The molecule has 0 fully saturated rings. The molecule has 6 heteroatoms. The molecule has 2 heterocycles. The van der Waals surface area contributed by atoms with Crippen LogP contribution in [0.4, 0.5) is 0 Å². The van der Waals surface area contributed by atoms with Gasteiger partial charge in [0, 0.05) is 23.4 Å². The van der Waals surface area contributed by atoms with Gasteiger partial charge in [0.2, 0.25) is 0 Å². The van der Waals surface area contributed by atoms with E-state index in [0.29, 0.717) is 32.7 Å². The number of hydrogen-bond donors (Lipinski definition) is 4. The lowest BCUT2D eigenvalue weighted by molar-refractivity contribution is -0.906. The van der Waals surface area contributed by atoms with Crippen LogP contribution in [0, 0.1) is 0 Å². The van der Waals surface area contributed by atoms with Gasteiger partial charge < -0.3 is 29.4 Å². The summed E-state index contributed by atoms with van der Waals surface area (Å²) >= 11 is 0. The van der Waals surface area contributed by atoms with E-state index in [-0.39, 0.29) is 6.61 Å². The van der Waals surface area contributed by atoms with Gasteiger partial charge in [-0.25, -0.2) is 0 Å². The Balaban J connectivity index is 1.36. The number of quaternary nitrogens is 1. The third kappa shape index (κ3) is 4.74. The average Bonchev–Trinajstić information content (AvgIpc) is 3.33. The van der Waals surface area contributed by atoms with E-state index in [2.05, 4.69) is 21.3 Å². The molecule has 4 N–H and O–H groups in total. The van der Waals surface area contributed by atoms with Crippen molar-refractivity contribution < 1.29 is 20.2 Å². The summed E-state index contributed by atoms with van der Waals surface area (Å²) in [7, 11) is 0. The molecule has 4 rings (SSSR count). The fourth-order valence-corrected chi connectivity index (χ4v) is 4.29. The smallest absolute Gasteiger partial charge is 0.121 e. The fraction of sp³-hybridized carbons (Fsp3) is 0.333. The summed E-state index contributed by atoms with van der Waals surface area (Å²) in [6.45, 7) is 2.43. The molecule has 0 saturated heterocycles. The zero-order chi connectivity index (χ0) is 20.9. The standard InChI is InChI=1S/C24H29N3O3/c28-14-13-25(15-21(29)17-26-11-9-19-5-1-3-7-23(19)26)16-22(30)18-27-12-10-20-6-2-4-8-24(20)27/h1-12,21-22,28-30H,13-18H2/p+1/t21-,22-/m1/s1. The highest BCUT2D eigenvalue weighted by atomic mass is 16.3. The predicted molar refractivity (Wildman–Crippen MR) is 119 cm³/mol. The second-order valence-electron chi connectivity index (χ2n) is 7.99. The zero-order valence-electron chi connectivity index (χ0n) is 17.1. The number of fused-ring (bicyclic) bond motifs is 2. The maximum Gasteiger partial charge on any atom is 0.121 e. The first-order valence-electron chi connectivity index (χ1n) is 10.5. The Labute approximate surface area is 176 Å². The number of aliphatic hydroxyl groups is 3. The van der Waals surface area contributed by atoms with E-state index < -0.39 is 12.2 Å². The van der Waals surface area contributed by atoms with E-state index in [1.807, 2.05) is 60.9 Å². The van der Waals surface area contributed by atoms with Crippen LogP contribution in [0.15, 0.2) is 73.1 Å². The SMILES string of the molecule is OCC[NH+](C[C@@H](O)Cn1ccc2ccccc21)C[C@@H](O)Cn1ccc2ccccc21. The maximum atomic E-state index is 10.7. The quantitative estimate of drug-likeness (QED) is 0.315. The fourth-order valence-electron chi connectivity index (χ4n) is 4.29. The predicted octanol–water partition coefficient (Wildman–Crippen LogP) is 0.895. The van der Waals surface area contributed by atoms with Gasteiger partial charge in [0.25, 0.3) is 0 Å². The van der Waals surface area contributed by atoms with Crippen LogP contribution in [0.1, 0.15) is 0 Å². The lowest BCUT2D eigenvalue weighted by Gasteiger charge is -2.24. The van der Waals surface area contributed by atoms with Crippen molar-refractivity contribution in [2.24, 2.45) is 0 Å². The number of aromatic nitrogens is 2. The highest BCUT2D eigenvalue weighted by Crippen LogP contribution is 2.16. The second kappa shape index (κ2) is 9.45. The Morgan fingerprint density at radius 2 is 1.17 bits per heavy atom. The van der Waals surface area contributed by atoms with Gasteiger partial charge in [-0.05, 0) is 35.0 Å². The van der Waals surface area contributed by atoms with Crippen molar-refractivity contribution in [3.05, 3.63) is 73.1 Å². The van der Waals surface area contributed by atoms with Gasteiger partial charge in [-0.15, -0.1) is 0 Å². The van der Waals surface area contributed by atoms with Crippen molar-refractivity contribution in [2.45, 2.75) is 25.3 Å². The first kappa shape index (κ1) is 20.6. The third-order valence-corrected chi connectivity index (χ3v) is 5.69. The van der Waals surface area contributed by atoms with E-state index in [0.717, 1.165) is 26.7 Å². The molecular formula is C24H30N3O3+. The first-order valence-corrected chi connectivity index (χ1v) is 10.5.